The Kier molecular flexibility index (Phi) is 5.32. The van der Waals surface area contributed by atoms with Gasteiger partial charge in [0.1, 0.15) is 11.6 Å². The van der Waals surface area contributed by atoms with Crippen molar-refractivity contribution in [3.8, 4) is 34.3 Å². The van der Waals surface area contributed by atoms with E-state index in [2.05, 4.69) is 24.4 Å². The Balaban J connectivity index is 1.59. The Labute approximate surface area is 190 Å². The lowest BCUT2D eigenvalue weighted by Gasteiger charge is -2.12. The molecule has 0 saturated carbocycles. The van der Waals surface area contributed by atoms with Gasteiger partial charge in [-0.25, -0.2) is 18.7 Å². The van der Waals surface area contributed by atoms with Crippen LogP contribution in [0.1, 0.15) is 0 Å². The first kappa shape index (κ1) is 20.8. The molecule has 0 N–H and O–H groups in total. The van der Waals surface area contributed by atoms with Gasteiger partial charge in [-0.2, -0.15) is 10.2 Å². The lowest BCUT2D eigenvalue weighted by atomic mass is 10.2. The zero-order chi connectivity index (χ0) is 22.9. The number of halogens is 1. The average Bonchev–Trinajstić information content (AvgIpc) is 3.47. The van der Waals surface area contributed by atoms with Gasteiger partial charge in [0.05, 0.1) is 42.8 Å². The van der Waals surface area contributed by atoms with Gasteiger partial charge in [0.2, 0.25) is 0 Å². The van der Waals surface area contributed by atoms with Crippen molar-refractivity contribution in [2.24, 2.45) is 0 Å². The first-order valence-corrected chi connectivity index (χ1v) is 10.5. The van der Waals surface area contributed by atoms with Gasteiger partial charge in [-0.1, -0.05) is 18.2 Å². The second kappa shape index (κ2) is 8.44. The molecule has 10 heteroatoms. The highest BCUT2D eigenvalue weighted by molar-refractivity contribution is 7.27. The molecule has 0 radical (unpaired) electrons. The highest BCUT2D eigenvalue weighted by Crippen LogP contribution is 2.21. The maximum Gasteiger partial charge on any atom is 0.251 e. The second-order valence-corrected chi connectivity index (χ2v) is 7.75. The zero-order valence-corrected chi connectivity index (χ0v) is 18.6. The highest BCUT2D eigenvalue weighted by atomic mass is 31.0. The minimum Gasteiger partial charge on any atom is -0.491 e. The van der Waals surface area contributed by atoms with Crippen LogP contribution in [0.5, 0.6) is 5.75 Å². The zero-order valence-electron chi connectivity index (χ0n) is 17.5. The number of pyridine rings is 1. The SMILES string of the molecule is COc1cn(-c2ccc(-n3cc(F)c(P)c3)nc2)nc(-c2ccnn2-c2ccccc2)c1=O. The molecule has 0 amide bonds. The van der Waals surface area contributed by atoms with Gasteiger partial charge in [-0.3, -0.25) is 4.79 Å². The standard InChI is InChI=1S/C23H18FN6O2P/c1-32-19-13-29(16-7-8-21(25-11-16)28-12-17(24)20(33)14-28)27-22(23(19)31)18-9-10-26-30(18)15-5-3-2-4-6-15/h2-14H,33H2,1H3. The van der Waals surface area contributed by atoms with Crippen LogP contribution in [0.3, 0.4) is 0 Å². The molecule has 1 atom stereocenters. The van der Waals surface area contributed by atoms with E-state index in [-0.39, 0.29) is 22.7 Å². The number of rotatable bonds is 5. The normalized spacial score (nSPS) is 11.0. The molecule has 4 heterocycles. The van der Waals surface area contributed by atoms with Gasteiger partial charge in [-0.05, 0) is 30.3 Å². The number of ether oxygens (including phenoxy) is 1. The Morgan fingerprint density at radius 1 is 1.00 bits per heavy atom. The van der Waals surface area contributed by atoms with Crippen molar-refractivity contribution in [3.63, 3.8) is 0 Å². The second-order valence-electron chi connectivity index (χ2n) is 7.13. The van der Waals surface area contributed by atoms with E-state index in [9.17, 15) is 9.18 Å². The number of methoxy groups -OCH3 is 1. The summed E-state index contributed by atoms with van der Waals surface area (Å²) < 4.78 is 23.8. The van der Waals surface area contributed by atoms with Crippen LogP contribution in [0.15, 0.2) is 84.3 Å². The molecule has 0 aliphatic heterocycles. The van der Waals surface area contributed by atoms with Crippen molar-refractivity contribution in [2.75, 3.05) is 7.11 Å². The van der Waals surface area contributed by atoms with Crippen LogP contribution in [-0.2, 0) is 0 Å². The monoisotopic (exact) mass is 460 g/mol. The number of para-hydroxylation sites is 1. The molecule has 0 spiro atoms. The van der Waals surface area contributed by atoms with Crippen molar-refractivity contribution in [2.45, 2.75) is 0 Å². The fourth-order valence-corrected chi connectivity index (χ4v) is 3.65. The first-order valence-electron chi connectivity index (χ1n) is 9.92. The minimum atomic E-state index is -0.355. The summed E-state index contributed by atoms with van der Waals surface area (Å²) >= 11 is 0. The fraction of sp³-hybridized carbons (Fsp3) is 0.0435. The molecule has 0 saturated heterocycles. The molecule has 5 aromatic rings. The number of aromatic nitrogens is 6. The summed E-state index contributed by atoms with van der Waals surface area (Å²) in [5.74, 6) is 0.337. The van der Waals surface area contributed by atoms with Gasteiger partial charge in [0.25, 0.3) is 5.43 Å². The van der Waals surface area contributed by atoms with E-state index in [0.717, 1.165) is 5.69 Å². The number of hydrogen-bond donors (Lipinski definition) is 0. The van der Waals surface area contributed by atoms with Crippen molar-refractivity contribution < 1.29 is 9.13 Å². The largest absolute Gasteiger partial charge is 0.491 e. The average molecular weight is 460 g/mol. The van der Waals surface area contributed by atoms with E-state index in [1.807, 2.05) is 30.3 Å². The third-order valence-electron chi connectivity index (χ3n) is 5.06. The summed E-state index contributed by atoms with van der Waals surface area (Å²) in [6, 6.07) is 14.7. The molecule has 0 aliphatic carbocycles. The lowest BCUT2D eigenvalue weighted by molar-refractivity contribution is 0.405. The van der Waals surface area contributed by atoms with Gasteiger partial charge in [-0.15, -0.1) is 9.24 Å². The number of hydrogen-bond acceptors (Lipinski definition) is 5. The van der Waals surface area contributed by atoms with Crippen LogP contribution in [0.4, 0.5) is 4.39 Å². The Hall–Kier alpha value is -4.10. The van der Waals surface area contributed by atoms with Gasteiger partial charge < -0.3 is 9.30 Å². The van der Waals surface area contributed by atoms with Crippen molar-refractivity contribution in [1.82, 2.24) is 29.1 Å². The van der Waals surface area contributed by atoms with E-state index < -0.39 is 0 Å². The summed E-state index contributed by atoms with van der Waals surface area (Å²) in [5.41, 5.74) is 1.75. The van der Waals surface area contributed by atoms with E-state index in [1.165, 1.54) is 24.2 Å². The number of nitrogens with zero attached hydrogens (tertiary/aromatic N) is 6. The Morgan fingerprint density at radius 3 is 2.48 bits per heavy atom. The van der Waals surface area contributed by atoms with E-state index >= 15 is 0 Å². The molecule has 1 unspecified atom stereocenters. The summed E-state index contributed by atoms with van der Waals surface area (Å²) in [7, 11) is 3.77. The molecule has 8 nitrogen and oxygen atoms in total. The maximum atomic E-state index is 13.7. The van der Waals surface area contributed by atoms with Crippen LogP contribution in [0, 0.1) is 5.82 Å². The summed E-state index contributed by atoms with van der Waals surface area (Å²) in [5, 5.41) is 9.36. The number of benzene rings is 1. The molecular formula is C23H18FN6O2P. The molecule has 0 bridgehead atoms. The summed E-state index contributed by atoms with van der Waals surface area (Å²) in [4.78, 5) is 17.4. The van der Waals surface area contributed by atoms with E-state index in [1.54, 1.807) is 46.0 Å². The Bertz CT molecular complexity index is 1470. The first-order chi connectivity index (χ1) is 16.0. The smallest absolute Gasteiger partial charge is 0.251 e. The van der Waals surface area contributed by atoms with Crippen LogP contribution in [-0.4, -0.2) is 36.2 Å². The van der Waals surface area contributed by atoms with Crippen LogP contribution < -0.4 is 15.5 Å². The molecule has 0 aliphatic rings. The highest BCUT2D eigenvalue weighted by Gasteiger charge is 2.18. The molecular weight excluding hydrogens is 442 g/mol. The van der Waals surface area contributed by atoms with Gasteiger partial charge in [0.15, 0.2) is 11.4 Å². The van der Waals surface area contributed by atoms with Crippen LogP contribution in [0.25, 0.3) is 28.6 Å². The third-order valence-corrected chi connectivity index (χ3v) is 5.48. The molecule has 1 aromatic carbocycles. The van der Waals surface area contributed by atoms with E-state index in [4.69, 9.17) is 4.74 Å². The maximum absolute atomic E-state index is 13.7. The quantitative estimate of drug-likeness (QED) is 0.377. The van der Waals surface area contributed by atoms with Gasteiger partial charge in [0, 0.05) is 17.7 Å². The predicted molar refractivity (Wildman–Crippen MR) is 125 cm³/mol. The lowest BCUT2D eigenvalue weighted by Crippen LogP contribution is -2.18. The van der Waals surface area contributed by atoms with Crippen LogP contribution >= 0.6 is 9.24 Å². The summed E-state index contributed by atoms with van der Waals surface area (Å²) in [6.45, 7) is 0. The molecule has 4 aromatic heterocycles. The summed E-state index contributed by atoms with van der Waals surface area (Å²) in [6.07, 6.45) is 7.69. The predicted octanol–water partition coefficient (Wildman–Crippen LogP) is 2.92. The van der Waals surface area contributed by atoms with Gasteiger partial charge >= 0.3 is 0 Å². The fourth-order valence-electron chi connectivity index (χ4n) is 3.42. The molecule has 164 valence electrons. The molecule has 5 rings (SSSR count). The third kappa shape index (κ3) is 3.83. The van der Waals surface area contributed by atoms with Crippen molar-refractivity contribution >= 4 is 14.5 Å². The Morgan fingerprint density at radius 2 is 1.82 bits per heavy atom. The van der Waals surface area contributed by atoms with Crippen molar-refractivity contribution in [1.29, 1.82) is 0 Å². The van der Waals surface area contributed by atoms with Crippen molar-refractivity contribution in [3.05, 3.63) is 95.6 Å². The molecule has 0 fully saturated rings. The van der Waals surface area contributed by atoms with E-state index in [0.29, 0.717) is 22.5 Å². The molecule has 33 heavy (non-hydrogen) atoms. The minimum absolute atomic E-state index is 0.130. The topological polar surface area (TPSA) is 79.8 Å². The van der Waals surface area contributed by atoms with Crippen LogP contribution in [0.2, 0.25) is 0 Å².